The molecule has 0 N–H and O–H groups in total. The van der Waals surface area contributed by atoms with Crippen molar-refractivity contribution < 1.29 is 0 Å². The third-order valence-electron chi connectivity index (χ3n) is 11.2. The average molecular weight is 683 g/mol. The molecule has 0 amide bonds. The summed E-state index contributed by atoms with van der Waals surface area (Å²) in [6, 6.07) is 60.9. The molecule has 0 radical (unpaired) electrons. The SMILES string of the molecule is CN1C(c2ccccc2)=NC(c2ccc(-c3ccccc3)cc2)=NC1c1cccc(-n2c3ccccc3c3ccc4c(c32)C(C)(C)c2ccccc2-4)c1. The zero-order valence-electron chi connectivity index (χ0n) is 30.0. The van der Waals surface area contributed by atoms with Crippen molar-refractivity contribution >= 4 is 33.5 Å². The number of hydrogen-bond donors (Lipinski definition) is 0. The molecule has 1 aliphatic heterocycles. The number of nitrogens with zero attached hydrogens (tertiary/aromatic N) is 4. The lowest BCUT2D eigenvalue weighted by Crippen LogP contribution is -2.35. The molecule has 8 aromatic rings. The van der Waals surface area contributed by atoms with E-state index in [2.05, 4.69) is 188 Å². The van der Waals surface area contributed by atoms with Crippen molar-refractivity contribution in [2.45, 2.75) is 25.4 Å². The van der Waals surface area contributed by atoms with Crippen LogP contribution in [-0.2, 0) is 5.41 Å². The van der Waals surface area contributed by atoms with E-state index in [1.54, 1.807) is 0 Å². The fourth-order valence-electron chi connectivity index (χ4n) is 8.67. The number of aromatic nitrogens is 1. The van der Waals surface area contributed by atoms with Crippen LogP contribution in [0.2, 0.25) is 0 Å². The number of fused-ring (bicyclic) bond motifs is 7. The van der Waals surface area contributed by atoms with Gasteiger partial charge in [-0.15, -0.1) is 0 Å². The Labute approximate surface area is 310 Å². The van der Waals surface area contributed by atoms with E-state index in [1.807, 2.05) is 12.1 Å². The zero-order chi connectivity index (χ0) is 35.7. The third-order valence-corrected chi connectivity index (χ3v) is 11.2. The summed E-state index contributed by atoms with van der Waals surface area (Å²) in [6.07, 6.45) is -0.286. The summed E-state index contributed by atoms with van der Waals surface area (Å²) in [5, 5.41) is 2.54. The van der Waals surface area contributed by atoms with Gasteiger partial charge in [0.25, 0.3) is 0 Å². The van der Waals surface area contributed by atoms with E-state index >= 15 is 0 Å². The zero-order valence-corrected chi connectivity index (χ0v) is 30.0. The number of hydrogen-bond acceptors (Lipinski definition) is 3. The number of para-hydroxylation sites is 1. The Morgan fingerprint density at radius 2 is 1.21 bits per heavy atom. The van der Waals surface area contributed by atoms with Gasteiger partial charge in [0.15, 0.2) is 12.0 Å². The minimum atomic E-state index is -0.286. The first-order valence-corrected chi connectivity index (χ1v) is 18.3. The summed E-state index contributed by atoms with van der Waals surface area (Å²) < 4.78 is 2.49. The van der Waals surface area contributed by atoms with Crippen LogP contribution in [0.1, 0.15) is 47.8 Å². The third kappa shape index (κ3) is 4.90. The molecule has 254 valence electrons. The van der Waals surface area contributed by atoms with Crippen LogP contribution in [0.3, 0.4) is 0 Å². The predicted molar refractivity (Wildman–Crippen MR) is 220 cm³/mol. The normalized spacial score (nSPS) is 16.0. The Hall–Kier alpha value is -6.52. The van der Waals surface area contributed by atoms with Gasteiger partial charge in [0.05, 0.1) is 11.0 Å². The molecule has 2 heterocycles. The summed E-state index contributed by atoms with van der Waals surface area (Å²) in [5.74, 6) is 1.62. The highest BCUT2D eigenvalue weighted by atomic mass is 15.3. The van der Waals surface area contributed by atoms with Crippen LogP contribution in [0.25, 0.3) is 49.7 Å². The van der Waals surface area contributed by atoms with Gasteiger partial charge >= 0.3 is 0 Å². The number of aliphatic imine (C=N–C) groups is 2. The van der Waals surface area contributed by atoms with Gasteiger partial charge < -0.3 is 9.47 Å². The second-order valence-electron chi connectivity index (χ2n) is 14.7. The molecule has 0 spiro atoms. The second-order valence-corrected chi connectivity index (χ2v) is 14.7. The Morgan fingerprint density at radius 1 is 0.547 bits per heavy atom. The molecule has 53 heavy (non-hydrogen) atoms. The maximum atomic E-state index is 5.38. The molecule has 2 aliphatic rings. The maximum Gasteiger partial charge on any atom is 0.159 e. The van der Waals surface area contributed by atoms with Crippen molar-refractivity contribution in [3.63, 3.8) is 0 Å². The van der Waals surface area contributed by atoms with E-state index in [-0.39, 0.29) is 11.6 Å². The molecule has 4 nitrogen and oxygen atoms in total. The lowest BCUT2D eigenvalue weighted by atomic mass is 9.81. The molecule has 1 unspecified atom stereocenters. The molecule has 1 atom stereocenters. The van der Waals surface area contributed by atoms with Gasteiger partial charge in [-0.05, 0) is 57.1 Å². The Morgan fingerprint density at radius 3 is 2.00 bits per heavy atom. The van der Waals surface area contributed by atoms with Gasteiger partial charge in [-0.3, -0.25) is 0 Å². The summed E-state index contributed by atoms with van der Waals surface area (Å²) >= 11 is 0. The molecule has 0 saturated carbocycles. The van der Waals surface area contributed by atoms with Crippen molar-refractivity contribution in [1.82, 2.24) is 9.47 Å². The molecule has 0 saturated heterocycles. The molecule has 10 rings (SSSR count). The van der Waals surface area contributed by atoms with Crippen LogP contribution in [0, 0.1) is 0 Å². The summed E-state index contributed by atoms with van der Waals surface area (Å²) in [5.41, 5.74) is 14.4. The van der Waals surface area contributed by atoms with E-state index in [0.717, 1.165) is 34.0 Å². The first kappa shape index (κ1) is 31.2. The van der Waals surface area contributed by atoms with Crippen LogP contribution in [-0.4, -0.2) is 28.2 Å². The first-order valence-electron chi connectivity index (χ1n) is 18.3. The fourth-order valence-corrected chi connectivity index (χ4v) is 8.67. The molecule has 0 bridgehead atoms. The number of amidine groups is 2. The van der Waals surface area contributed by atoms with E-state index in [9.17, 15) is 0 Å². The lowest BCUT2D eigenvalue weighted by molar-refractivity contribution is 0.383. The molecule has 1 aromatic heterocycles. The van der Waals surface area contributed by atoms with Crippen LogP contribution < -0.4 is 0 Å². The minimum Gasteiger partial charge on any atom is -0.333 e. The van der Waals surface area contributed by atoms with Crippen molar-refractivity contribution in [3.05, 3.63) is 198 Å². The fraction of sp³-hybridized carbons (Fsp3) is 0.102. The first-order chi connectivity index (χ1) is 26.0. The van der Waals surface area contributed by atoms with E-state index < -0.39 is 0 Å². The van der Waals surface area contributed by atoms with Gasteiger partial charge in [0.1, 0.15) is 5.84 Å². The molecule has 1 aliphatic carbocycles. The highest BCUT2D eigenvalue weighted by Gasteiger charge is 2.38. The Bertz CT molecular complexity index is 2750. The molecular formula is C49H38N4. The highest BCUT2D eigenvalue weighted by molar-refractivity contribution is 6.14. The van der Waals surface area contributed by atoms with Gasteiger partial charge in [0, 0.05) is 40.0 Å². The number of benzene rings is 7. The van der Waals surface area contributed by atoms with Crippen LogP contribution in [0.5, 0.6) is 0 Å². The molecular weight excluding hydrogens is 645 g/mol. The average Bonchev–Trinajstić information content (AvgIpc) is 3.67. The number of rotatable bonds is 5. The Kier molecular flexibility index (Phi) is 7.09. The van der Waals surface area contributed by atoms with E-state index in [0.29, 0.717) is 0 Å². The van der Waals surface area contributed by atoms with Gasteiger partial charge in [-0.25, -0.2) is 9.98 Å². The van der Waals surface area contributed by atoms with Gasteiger partial charge in [-0.1, -0.05) is 166 Å². The van der Waals surface area contributed by atoms with Gasteiger partial charge in [0.2, 0.25) is 0 Å². The van der Waals surface area contributed by atoms with Crippen molar-refractivity contribution in [2.75, 3.05) is 7.05 Å². The summed E-state index contributed by atoms with van der Waals surface area (Å²) in [7, 11) is 2.11. The van der Waals surface area contributed by atoms with Crippen LogP contribution in [0.15, 0.2) is 180 Å². The smallest absolute Gasteiger partial charge is 0.159 e. The summed E-state index contributed by atoms with van der Waals surface area (Å²) in [6.45, 7) is 4.75. The quantitative estimate of drug-likeness (QED) is 0.178. The van der Waals surface area contributed by atoms with E-state index in [4.69, 9.17) is 9.98 Å². The van der Waals surface area contributed by atoms with Crippen LogP contribution in [0.4, 0.5) is 0 Å². The second kappa shape index (κ2) is 12.0. The molecule has 0 fully saturated rings. The maximum absolute atomic E-state index is 5.38. The largest absolute Gasteiger partial charge is 0.333 e. The van der Waals surface area contributed by atoms with Crippen molar-refractivity contribution in [3.8, 4) is 27.9 Å². The standard InChI is InChI=1S/C49H38N4/c1-49(2)42-23-12-10-21-38(42)40-29-30-41-39-22-11-13-24-43(39)53(45(41)44(40)49)37-20-14-19-36(31-37)48-51-46(50-47(52(48)3)35-17-8-5-9-18-35)34-27-25-33(26-28-34)32-15-6-4-7-16-32/h4-31,48H,1-3H3. The molecule has 4 heteroatoms. The topological polar surface area (TPSA) is 32.9 Å². The monoisotopic (exact) mass is 682 g/mol. The Balaban J connectivity index is 1.14. The summed E-state index contributed by atoms with van der Waals surface area (Å²) in [4.78, 5) is 12.8. The lowest BCUT2D eigenvalue weighted by Gasteiger charge is -2.32. The van der Waals surface area contributed by atoms with Crippen molar-refractivity contribution in [2.24, 2.45) is 9.98 Å². The van der Waals surface area contributed by atoms with E-state index in [1.165, 1.54) is 55.2 Å². The highest BCUT2D eigenvalue weighted by Crippen LogP contribution is 2.53. The minimum absolute atomic E-state index is 0.158. The van der Waals surface area contributed by atoms with Crippen LogP contribution >= 0.6 is 0 Å². The predicted octanol–water partition coefficient (Wildman–Crippen LogP) is 11.6. The molecule has 7 aromatic carbocycles. The van der Waals surface area contributed by atoms with Crippen molar-refractivity contribution in [1.29, 1.82) is 0 Å². The van der Waals surface area contributed by atoms with Gasteiger partial charge in [-0.2, -0.15) is 0 Å².